The van der Waals surface area contributed by atoms with Gasteiger partial charge in [0, 0.05) is 29.2 Å². The lowest BCUT2D eigenvalue weighted by Gasteiger charge is -2.13. The van der Waals surface area contributed by atoms with E-state index in [0.717, 1.165) is 39.3 Å². The van der Waals surface area contributed by atoms with Crippen LogP contribution in [0.5, 0.6) is 0 Å². The highest BCUT2D eigenvalue weighted by molar-refractivity contribution is 8.18. The summed E-state index contributed by atoms with van der Waals surface area (Å²) in [4.78, 5) is 37.4. The van der Waals surface area contributed by atoms with Crippen molar-refractivity contribution in [2.24, 2.45) is 0 Å². The molecule has 1 aliphatic heterocycles. The Morgan fingerprint density at radius 1 is 1.12 bits per heavy atom. The quantitative estimate of drug-likeness (QED) is 0.299. The third kappa shape index (κ3) is 4.16. The highest BCUT2D eigenvalue weighted by Crippen LogP contribution is 2.35. The highest BCUT2D eigenvalue weighted by Gasteiger charge is 2.35. The van der Waals surface area contributed by atoms with Gasteiger partial charge in [0.15, 0.2) is 0 Å². The smallest absolute Gasteiger partial charge is 0.293 e. The average molecular weight is 458 g/mol. The van der Waals surface area contributed by atoms with Gasteiger partial charge in [0.25, 0.3) is 16.8 Å². The van der Waals surface area contributed by atoms with E-state index in [9.17, 15) is 25.0 Å². The minimum atomic E-state index is -0.449. The molecule has 2 heterocycles. The van der Waals surface area contributed by atoms with Crippen LogP contribution in [0.25, 0.3) is 11.8 Å². The molecule has 9 heteroatoms. The molecule has 2 amide bonds. The van der Waals surface area contributed by atoms with Crippen LogP contribution in [0.15, 0.2) is 59.5 Å². The van der Waals surface area contributed by atoms with Gasteiger partial charge in [-0.25, -0.2) is 0 Å². The van der Waals surface area contributed by atoms with Crippen molar-refractivity contribution in [3.8, 4) is 11.8 Å². The second-order valence-corrected chi connectivity index (χ2v) is 8.47. The highest BCUT2D eigenvalue weighted by atomic mass is 32.2. The zero-order valence-corrected chi connectivity index (χ0v) is 18.6. The number of rotatable bonds is 5. The zero-order chi connectivity index (χ0) is 23.7. The fourth-order valence-corrected chi connectivity index (χ4v) is 4.60. The Morgan fingerprint density at radius 2 is 1.82 bits per heavy atom. The van der Waals surface area contributed by atoms with Crippen molar-refractivity contribution >= 4 is 34.7 Å². The molecule has 33 heavy (non-hydrogen) atoms. The lowest BCUT2D eigenvalue weighted by atomic mass is 10.1. The summed E-state index contributed by atoms with van der Waals surface area (Å²) in [5, 5.41) is 19.8. The molecule has 0 radical (unpaired) electrons. The summed E-state index contributed by atoms with van der Waals surface area (Å²) in [6.07, 6.45) is 1.69. The maximum atomic E-state index is 13.0. The van der Waals surface area contributed by atoms with Crippen LogP contribution in [-0.2, 0) is 11.3 Å². The number of benzene rings is 2. The number of nitro groups is 1. The molecule has 1 aromatic heterocycles. The number of hydrogen-bond acceptors (Lipinski definition) is 6. The van der Waals surface area contributed by atoms with E-state index < -0.39 is 10.8 Å². The van der Waals surface area contributed by atoms with Gasteiger partial charge in [-0.15, -0.1) is 0 Å². The normalized spacial score (nSPS) is 14.7. The predicted molar refractivity (Wildman–Crippen MR) is 125 cm³/mol. The number of nitrogens with zero attached hydrogens (tertiary/aromatic N) is 4. The molecule has 8 nitrogen and oxygen atoms in total. The molecule has 1 fully saturated rings. The summed E-state index contributed by atoms with van der Waals surface area (Å²) in [6.45, 7) is 3.82. The van der Waals surface area contributed by atoms with Crippen molar-refractivity contribution in [2.45, 2.75) is 20.4 Å². The second kappa shape index (κ2) is 8.76. The number of imide groups is 1. The molecule has 3 aromatic rings. The van der Waals surface area contributed by atoms with Gasteiger partial charge in [-0.05, 0) is 67.1 Å². The van der Waals surface area contributed by atoms with Crippen molar-refractivity contribution in [1.82, 2.24) is 9.47 Å². The molecular weight excluding hydrogens is 440 g/mol. The van der Waals surface area contributed by atoms with Gasteiger partial charge in [0.2, 0.25) is 0 Å². The van der Waals surface area contributed by atoms with Crippen molar-refractivity contribution in [3.63, 3.8) is 0 Å². The summed E-state index contributed by atoms with van der Waals surface area (Å²) in [6, 6.07) is 17.1. The van der Waals surface area contributed by atoms with Gasteiger partial charge in [0.1, 0.15) is 0 Å². The third-order valence-corrected chi connectivity index (χ3v) is 6.32. The van der Waals surface area contributed by atoms with E-state index in [1.807, 2.05) is 24.5 Å². The van der Waals surface area contributed by atoms with Crippen LogP contribution in [-0.4, -0.2) is 25.5 Å². The van der Waals surface area contributed by atoms with Crippen LogP contribution < -0.4 is 0 Å². The number of nitro benzene ring substituents is 1. The summed E-state index contributed by atoms with van der Waals surface area (Å²) < 4.78 is 1.93. The number of carbonyl (C=O) groups is 2. The van der Waals surface area contributed by atoms with Crippen LogP contribution in [0.4, 0.5) is 10.5 Å². The number of thioether (sulfide) groups is 1. The minimum absolute atomic E-state index is 0.00748. The van der Waals surface area contributed by atoms with Crippen LogP contribution in [0.3, 0.4) is 0 Å². The minimum Gasteiger partial charge on any atom is -0.318 e. The summed E-state index contributed by atoms with van der Waals surface area (Å²) in [5.74, 6) is -0.405. The Bertz CT molecular complexity index is 1370. The topological polar surface area (TPSA) is 109 Å². The fourth-order valence-electron chi connectivity index (χ4n) is 3.77. The summed E-state index contributed by atoms with van der Waals surface area (Å²) >= 11 is 0.866. The van der Waals surface area contributed by atoms with Gasteiger partial charge >= 0.3 is 0 Å². The first-order chi connectivity index (χ1) is 15.8. The molecule has 0 unspecified atom stereocenters. The molecule has 0 aliphatic carbocycles. The molecule has 2 aromatic carbocycles. The SMILES string of the molecule is Cc1cc(/C=C2\SC(=O)N(Cc3ccccc3C#N)C2=O)c(C)n1-c1ccc([N+](=O)[O-])cc1. The monoisotopic (exact) mass is 458 g/mol. The number of non-ortho nitro benzene ring substituents is 1. The number of aromatic nitrogens is 1. The van der Waals surface area contributed by atoms with E-state index in [1.165, 1.54) is 12.1 Å². The van der Waals surface area contributed by atoms with E-state index in [2.05, 4.69) is 6.07 Å². The molecule has 0 spiro atoms. The zero-order valence-electron chi connectivity index (χ0n) is 17.8. The fraction of sp³-hybridized carbons (Fsp3) is 0.125. The molecular formula is C24H18N4O4S. The van der Waals surface area contributed by atoms with Gasteiger partial charge in [-0.1, -0.05) is 18.2 Å². The van der Waals surface area contributed by atoms with E-state index in [-0.39, 0.29) is 17.5 Å². The lowest BCUT2D eigenvalue weighted by molar-refractivity contribution is -0.384. The van der Waals surface area contributed by atoms with E-state index in [1.54, 1.807) is 42.5 Å². The molecule has 164 valence electrons. The number of aryl methyl sites for hydroxylation is 1. The second-order valence-electron chi connectivity index (χ2n) is 7.47. The average Bonchev–Trinajstić information content (AvgIpc) is 3.23. The largest absolute Gasteiger partial charge is 0.318 e. The van der Waals surface area contributed by atoms with Crippen molar-refractivity contribution in [1.29, 1.82) is 5.26 Å². The Kier molecular flexibility index (Phi) is 5.85. The predicted octanol–water partition coefficient (Wildman–Crippen LogP) is 5.11. The maximum absolute atomic E-state index is 13.0. The first kappa shape index (κ1) is 22.0. The number of carbonyl (C=O) groups excluding carboxylic acids is 2. The molecule has 0 saturated carbocycles. The van der Waals surface area contributed by atoms with Crippen LogP contribution in [0.1, 0.15) is 28.1 Å². The van der Waals surface area contributed by atoms with Gasteiger partial charge < -0.3 is 4.57 Å². The number of amides is 2. The summed E-state index contributed by atoms with van der Waals surface area (Å²) in [7, 11) is 0. The number of nitriles is 1. The van der Waals surface area contributed by atoms with Gasteiger partial charge in [-0.2, -0.15) is 5.26 Å². The van der Waals surface area contributed by atoms with Crippen molar-refractivity contribution in [2.75, 3.05) is 0 Å². The van der Waals surface area contributed by atoms with Gasteiger partial charge in [0.05, 0.1) is 28.0 Å². The van der Waals surface area contributed by atoms with Crippen LogP contribution in [0.2, 0.25) is 0 Å². The van der Waals surface area contributed by atoms with Crippen LogP contribution in [0, 0.1) is 35.3 Å². The van der Waals surface area contributed by atoms with Gasteiger partial charge in [-0.3, -0.25) is 24.6 Å². The third-order valence-electron chi connectivity index (χ3n) is 5.42. The first-order valence-corrected chi connectivity index (χ1v) is 10.8. The van der Waals surface area contributed by atoms with E-state index >= 15 is 0 Å². The van der Waals surface area contributed by atoms with E-state index in [4.69, 9.17) is 0 Å². The standard InChI is InChI=1S/C24H18N4O4S/c1-15-11-19(16(2)27(15)20-7-9-21(10-8-20)28(31)32)12-22-23(29)26(24(30)33-22)14-18-6-4-3-5-17(18)13-25/h3-12H,14H2,1-2H3/b22-12-. The molecule has 0 atom stereocenters. The molecule has 0 bridgehead atoms. The molecule has 1 saturated heterocycles. The summed E-state index contributed by atoms with van der Waals surface area (Å²) in [5.41, 5.74) is 4.29. The number of hydrogen-bond donors (Lipinski definition) is 0. The van der Waals surface area contributed by atoms with Crippen LogP contribution >= 0.6 is 11.8 Å². The maximum Gasteiger partial charge on any atom is 0.293 e. The Balaban J connectivity index is 1.63. The Labute approximate surface area is 193 Å². The molecule has 4 rings (SSSR count). The molecule has 1 aliphatic rings. The van der Waals surface area contributed by atoms with Crippen molar-refractivity contribution in [3.05, 3.63) is 97.7 Å². The van der Waals surface area contributed by atoms with E-state index in [0.29, 0.717) is 16.0 Å². The first-order valence-electron chi connectivity index (χ1n) is 9.97. The Hall–Kier alpha value is -4.16. The Morgan fingerprint density at radius 3 is 2.48 bits per heavy atom. The molecule has 0 N–H and O–H groups in total. The van der Waals surface area contributed by atoms with Crippen molar-refractivity contribution < 1.29 is 14.5 Å². The lowest BCUT2D eigenvalue weighted by Crippen LogP contribution is -2.27.